The van der Waals surface area contributed by atoms with Crippen molar-refractivity contribution < 1.29 is 0 Å². The molecular weight excluding hydrogens is 232 g/mol. The first kappa shape index (κ1) is 13.9. The van der Waals surface area contributed by atoms with E-state index < -0.39 is 0 Å². The highest BCUT2D eigenvalue weighted by atomic mass is 15.3. The zero-order valence-electron chi connectivity index (χ0n) is 13.1. The van der Waals surface area contributed by atoms with E-state index in [0.29, 0.717) is 0 Å². The molecule has 1 N–H and O–H groups in total. The quantitative estimate of drug-likeness (QED) is 0.840. The minimum atomic E-state index is 0.804. The lowest BCUT2D eigenvalue weighted by Crippen LogP contribution is -2.54. The van der Waals surface area contributed by atoms with Crippen LogP contribution in [0.2, 0.25) is 0 Å². The summed E-state index contributed by atoms with van der Waals surface area (Å²) in [6.07, 6.45) is 10.1. The van der Waals surface area contributed by atoms with Crippen molar-refractivity contribution in [3.8, 4) is 0 Å². The summed E-state index contributed by atoms with van der Waals surface area (Å²) in [7, 11) is 0. The van der Waals surface area contributed by atoms with E-state index in [4.69, 9.17) is 0 Å². The van der Waals surface area contributed by atoms with Crippen molar-refractivity contribution in [2.75, 3.05) is 6.54 Å². The van der Waals surface area contributed by atoms with Gasteiger partial charge >= 0.3 is 0 Å². The number of nitrogens with one attached hydrogen (secondary N) is 1. The van der Waals surface area contributed by atoms with Crippen LogP contribution in [0.15, 0.2) is 0 Å². The Morgan fingerprint density at radius 1 is 0.842 bits per heavy atom. The molecule has 3 rings (SSSR count). The fourth-order valence-corrected chi connectivity index (χ4v) is 5.05. The van der Waals surface area contributed by atoms with Crippen LogP contribution in [0.3, 0.4) is 0 Å². The van der Waals surface area contributed by atoms with E-state index >= 15 is 0 Å². The summed E-state index contributed by atoms with van der Waals surface area (Å²) < 4.78 is 0. The summed E-state index contributed by atoms with van der Waals surface area (Å²) in [6.45, 7) is 8.32. The number of hydrogen-bond acceptors (Lipinski definition) is 2. The average molecular weight is 264 g/mol. The maximum Gasteiger partial charge on any atom is 0.0116 e. The van der Waals surface area contributed by atoms with Crippen LogP contribution >= 0.6 is 0 Å². The molecule has 0 amide bonds. The fourth-order valence-electron chi connectivity index (χ4n) is 5.05. The lowest BCUT2D eigenvalue weighted by Gasteiger charge is -2.47. The lowest BCUT2D eigenvalue weighted by atomic mass is 9.77. The van der Waals surface area contributed by atoms with E-state index in [1.54, 1.807) is 0 Å². The summed E-state index contributed by atoms with van der Waals surface area (Å²) in [5, 5.41) is 3.70. The van der Waals surface area contributed by atoms with E-state index in [0.717, 1.165) is 42.5 Å². The summed E-state index contributed by atoms with van der Waals surface area (Å²) in [6, 6.07) is 3.51. The molecule has 0 radical (unpaired) electrons. The second-order valence-corrected chi connectivity index (χ2v) is 7.48. The van der Waals surface area contributed by atoms with Crippen LogP contribution in [0, 0.1) is 11.8 Å². The molecule has 3 aliphatic rings. The first-order valence-corrected chi connectivity index (χ1v) is 8.69. The summed E-state index contributed by atoms with van der Waals surface area (Å²) in [4.78, 5) is 2.97. The minimum Gasteiger partial charge on any atom is -0.314 e. The first-order valence-electron chi connectivity index (χ1n) is 8.69. The molecule has 2 bridgehead atoms. The van der Waals surface area contributed by atoms with Crippen LogP contribution in [0.5, 0.6) is 0 Å². The molecule has 2 heteroatoms. The zero-order chi connectivity index (χ0) is 13.4. The molecule has 2 heterocycles. The molecule has 3 fully saturated rings. The maximum absolute atomic E-state index is 3.70. The fraction of sp³-hybridized carbons (Fsp3) is 1.00. The van der Waals surface area contributed by atoms with Gasteiger partial charge < -0.3 is 5.32 Å². The number of piperidine rings is 1. The number of rotatable bonds is 3. The second-order valence-electron chi connectivity index (χ2n) is 7.48. The SMILES string of the molecule is CCNC1CC2CCC(C1)N2C1CCC(C)C(C)C1. The highest BCUT2D eigenvalue weighted by Gasteiger charge is 2.44. The van der Waals surface area contributed by atoms with E-state index in [1.165, 1.54) is 44.9 Å². The number of nitrogens with zero attached hydrogens (tertiary/aromatic N) is 1. The highest BCUT2D eigenvalue weighted by Crippen LogP contribution is 2.42. The maximum atomic E-state index is 3.70. The molecule has 2 aliphatic heterocycles. The predicted octanol–water partition coefficient (Wildman–Crippen LogP) is 3.42. The van der Waals surface area contributed by atoms with Crippen LogP contribution in [-0.4, -0.2) is 35.6 Å². The van der Waals surface area contributed by atoms with Crippen molar-refractivity contribution in [1.82, 2.24) is 10.2 Å². The van der Waals surface area contributed by atoms with E-state index in [2.05, 4.69) is 31.0 Å². The van der Waals surface area contributed by atoms with E-state index in [1.807, 2.05) is 0 Å². The van der Waals surface area contributed by atoms with Crippen LogP contribution in [0.25, 0.3) is 0 Å². The Bertz CT molecular complexity index is 290. The van der Waals surface area contributed by atoms with Crippen molar-refractivity contribution in [3.63, 3.8) is 0 Å². The van der Waals surface area contributed by atoms with E-state index in [-0.39, 0.29) is 0 Å². The Morgan fingerprint density at radius 3 is 2.00 bits per heavy atom. The summed E-state index contributed by atoms with van der Waals surface area (Å²) in [5.74, 6) is 1.89. The summed E-state index contributed by atoms with van der Waals surface area (Å²) in [5.41, 5.74) is 0. The third-order valence-corrected chi connectivity index (χ3v) is 6.27. The molecule has 0 aromatic heterocycles. The predicted molar refractivity (Wildman–Crippen MR) is 81.3 cm³/mol. The number of fused-ring (bicyclic) bond motifs is 2. The molecule has 2 saturated heterocycles. The van der Waals surface area contributed by atoms with Gasteiger partial charge in [0.05, 0.1) is 0 Å². The molecular formula is C17H32N2. The van der Waals surface area contributed by atoms with Gasteiger partial charge in [0.25, 0.3) is 0 Å². The van der Waals surface area contributed by atoms with Gasteiger partial charge in [-0.05, 0) is 63.3 Å². The average Bonchev–Trinajstić information content (AvgIpc) is 2.65. The highest BCUT2D eigenvalue weighted by molar-refractivity contribution is 5.01. The van der Waals surface area contributed by atoms with Gasteiger partial charge in [-0.3, -0.25) is 4.90 Å². The van der Waals surface area contributed by atoms with Gasteiger partial charge in [0, 0.05) is 24.2 Å². The van der Waals surface area contributed by atoms with Crippen LogP contribution in [0.4, 0.5) is 0 Å². The number of hydrogen-bond donors (Lipinski definition) is 1. The van der Waals surface area contributed by atoms with Gasteiger partial charge in [-0.1, -0.05) is 20.8 Å². The molecule has 1 aliphatic carbocycles. The molecule has 0 aromatic rings. The Morgan fingerprint density at radius 2 is 1.42 bits per heavy atom. The van der Waals surface area contributed by atoms with Crippen molar-refractivity contribution >= 4 is 0 Å². The molecule has 5 unspecified atom stereocenters. The topological polar surface area (TPSA) is 15.3 Å². The first-order chi connectivity index (χ1) is 9.19. The molecule has 5 atom stereocenters. The minimum absolute atomic E-state index is 0.804. The standard InChI is InChI=1S/C17H32N2/c1-4-18-14-10-16-7-8-17(11-14)19(16)15-6-5-12(2)13(3)9-15/h12-18H,4-11H2,1-3H3. The van der Waals surface area contributed by atoms with Crippen molar-refractivity contribution in [1.29, 1.82) is 0 Å². The van der Waals surface area contributed by atoms with Gasteiger partial charge in [0.15, 0.2) is 0 Å². The van der Waals surface area contributed by atoms with Gasteiger partial charge in [0.1, 0.15) is 0 Å². The monoisotopic (exact) mass is 264 g/mol. The van der Waals surface area contributed by atoms with Gasteiger partial charge in [0.2, 0.25) is 0 Å². The molecule has 2 nitrogen and oxygen atoms in total. The molecule has 0 spiro atoms. The Balaban J connectivity index is 1.63. The molecule has 110 valence electrons. The van der Waals surface area contributed by atoms with Gasteiger partial charge in [-0.25, -0.2) is 0 Å². The lowest BCUT2D eigenvalue weighted by molar-refractivity contribution is 0.0308. The third-order valence-electron chi connectivity index (χ3n) is 6.27. The smallest absolute Gasteiger partial charge is 0.0116 e. The molecule has 0 aromatic carbocycles. The Labute approximate surface area is 119 Å². The van der Waals surface area contributed by atoms with Crippen LogP contribution < -0.4 is 5.32 Å². The normalized spacial score (nSPS) is 47.5. The summed E-state index contributed by atoms with van der Waals surface area (Å²) >= 11 is 0. The van der Waals surface area contributed by atoms with Crippen LogP contribution in [-0.2, 0) is 0 Å². The Hall–Kier alpha value is -0.0800. The van der Waals surface area contributed by atoms with Gasteiger partial charge in [-0.2, -0.15) is 0 Å². The molecule has 19 heavy (non-hydrogen) atoms. The van der Waals surface area contributed by atoms with Crippen molar-refractivity contribution in [2.24, 2.45) is 11.8 Å². The Kier molecular flexibility index (Phi) is 4.19. The van der Waals surface area contributed by atoms with Gasteiger partial charge in [-0.15, -0.1) is 0 Å². The van der Waals surface area contributed by atoms with Crippen molar-refractivity contribution in [3.05, 3.63) is 0 Å². The molecule has 1 saturated carbocycles. The zero-order valence-corrected chi connectivity index (χ0v) is 13.1. The van der Waals surface area contributed by atoms with Crippen LogP contribution in [0.1, 0.15) is 65.7 Å². The third kappa shape index (κ3) is 2.71. The second kappa shape index (κ2) is 5.73. The largest absolute Gasteiger partial charge is 0.314 e. The van der Waals surface area contributed by atoms with E-state index in [9.17, 15) is 0 Å². The van der Waals surface area contributed by atoms with Crippen molar-refractivity contribution in [2.45, 2.75) is 89.9 Å².